The first-order valence-electron chi connectivity index (χ1n) is 4.59. The molecule has 0 aliphatic carbocycles. The predicted molar refractivity (Wildman–Crippen MR) is 53.2 cm³/mol. The van der Waals surface area contributed by atoms with Gasteiger partial charge in [-0.2, -0.15) is 0 Å². The van der Waals surface area contributed by atoms with Gasteiger partial charge < -0.3 is 9.22 Å². The summed E-state index contributed by atoms with van der Waals surface area (Å²) in [7, 11) is 6.54. The highest BCUT2D eigenvalue weighted by atomic mass is 16.5. The van der Waals surface area contributed by atoms with Gasteiger partial charge in [0, 0.05) is 0 Å². The fraction of sp³-hybridized carbons (Fsp3) is 1.00. The van der Waals surface area contributed by atoms with Crippen LogP contribution in [0, 0.1) is 5.41 Å². The third-order valence-corrected chi connectivity index (χ3v) is 1.44. The lowest BCUT2D eigenvalue weighted by atomic mass is 9.99. The minimum absolute atomic E-state index is 0.297. The summed E-state index contributed by atoms with van der Waals surface area (Å²) in [6.45, 7) is 9.38. The summed E-state index contributed by atoms with van der Waals surface area (Å²) >= 11 is 0. The van der Waals surface area contributed by atoms with E-state index in [9.17, 15) is 0 Å². The Bertz CT molecular complexity index is 103. The zero-order valence-electron chi connectivity index (χ0n) is 9.48. The van der Waals surface area contributed by atoms with Crippen LogP contribution in [0.15, 0.2) is 0 Å². The van der Waals surface area contributed by atoms with Crippen LogP contribution in [0.1, 0.15) is 20.8 Å². The number of likely N-dealkylation sites (N-methyl/N-ethyl adjacent to an activating group) is 1. The van der Waals surface area contributed by atoms with E-state index in [1.165, 1.54) is 0 Å². The largest absolute Gasteiger partial charge is 0.375 e. The molecule has 0 radical (unpaired) electrons. The van der Waals surface area contributed by atoms with Crippen molar-refractivity contribution in [3.05, 3.63) is 0 Å². The van der Waals surface area contributed by atoms with E-state index in [0.717, 1.165) is 24.2 Å². The molecule has 0 saturated heterocycles. The first-order valence-corrected chi connectivity index (χ1v) is 4.59. The summed E-state index contributed by atoms with van der Waals surface area (Å²) in [5.74, 6) is 0. The topological polar surface area (TPSA) is 9.23 Å². The summed E-state index contributed by atoms with van der Waals surface area (Å²) in [4.78, 5) is 0. The molecule has 74 valence electrons. The molecule has 0 unspecified atom stereocenters. The van der Waals surface area contributed by atoms with Crippen molar-refractivity contribution in [2.24, 2.45) is 5.41 Å². The fourth-order valence-electron chi connectivity index (χ4n) is 0.717. The number of quaternary nitrogens is 1. The maximum atomic E-state index is 5.56. The summed E-state index contributed by atoms with van der Waals surface area (Å²) in [5, 5.41) is 0. The zero-order chi connectivity index (χ0) is 9.83. The van der Waals surface area contributed by atoms with Gasteiger partial charge in [-0.3, -0.25) is 0 Å². The highest BCUT2D eigenvalue weighted by Gasteiger charge is 2.11. The third-order valence-electron chi connectivity index (χ3n) is 1.44. The maximum absolute atomic E-state index is 5.56. The van der Waals surface area contributed by atoms with E-state index >= 15 is 0 Å². The van der Waals surface area contributed by atoms with Crippen LogP contribution in [0.4, 0.5) is 0 Å². The summed E-state index contributed by atoms with van der Waals surface area (Å²) in [5.41, 5.74) is 0.297. The Morgan fingerprint density at radius 2 is 1.58 bits per heavy atom. The average molecular weight is 174 g/mol. The van der Waals surface area contributed by atoms with Gasteiger partial charge in [-0.15, -0.1) is 0 Å². The normalized spacial score (nSPS) is 13.5. The Balaban J connectivity index is 3.35. The van der Waals surface area contributed by atoms with E-state index in [1.807, 2.05) is 0 Å². The van der Waals surface area contributed by atoms with Gasteiger partial charge in [0.25, 0.3) is 0 Å². The Morgan fingerprint density at radius 1 is 1.08 bits per heavy atom. The molecule has 0 aromatic carbocycles. The van der Waals surface area contributed by atoms with Crippen LogP contribution in [0.25, 0.3) is 0 Å². The first kappa shape index (κ1) is 11.9. The van der Waals surface area contributed by atoms with E-state index in [4.69, 9.17) is 4.74 Å². The molecule has 0 saturated carbocycles. The lowest BCUT2D eigenvalue weighted by Crippen LogP contribution is -2.38. The molecule has 2 heteroatoms. The third kappa shape index (κ3) is 9.92. The van der Waals surface area contributed by atoms with E-state index in [1.54, 1.807) is 0 Å². The van der Waals surface area contributed by atoms with E-state index < -0.39 is 0 Å². The maximum Gasteiger partial charge on any atom is 0.102 e. The van der Waals surface area contributed by atoms with Crippen molar-refractivity contribution in [2.45, 2.75) is 20.8 Å². The fourth-order valence-corrected chi connectivity index (χ4v) is 0.717. The first-order chi connectivity index (χ1) is 5.21. The van der Waals surface area contributed by atoms with Crippen LogP contribution in [-0.4, -0.2) is 45.4 Å². The van der Waals surface area contributed by atoms with Crippen LogP contribution in [0.3, 0.4) is 0 Å². The summed E-state index contributed by atoms with van der Waals surface area (Å²) < 4.78 is 6.53. The number of rotatable bonds is 4. The predicted octanol–water partition coefficient (Wildman–Crippen LogP) is 1.76. The van der Waals surface area contributed by atoms with Crippen LogP contribution < -0.4 is 0 Å². The highest BCUT2D eigenvalue weighted by Crippen LogP contribution is 2.12. The zero-order valence-corrected chi connectivity index (χ0v) is 9.48. The Kier molecular flexibility index (Phi) is 4.21. The van der Waals surface area contributed by atoms with Crippen LogP contribution >= 0.6 is 0 Å². The van der Waals surface area contributed by atoms with Gasteiger partial charge in [-0.25, -0.2) is 0 Å². The van der Waals surface area contributed by atoms with Gasteiger partial charge in [-0.05, 0) is 5.41 Å². The smallest absolute Gasteiger partial charge is 0.102 e. The molecule has 12 heavy (non-hydrogen) atoms. The molecule has 0 aliphatic rings. The SMILES string of the molecule is CC(C)(C)COCC[N+](C)(C)C. The van der Waals surface area contributed by atoms with Crippen molar-refractivity contribution in [1.29, 1.82) is 0 Å². The number of hydrogen-bond donors (Lipinski definition) is 0. The minimum atomic E-state index is 0.297. The van der Waals surface area contributed by atoms with E-state index in [0.29, 0.717) is 5.41 Å². The monoisotopic (exact) mass is 174 g/mol. The van der Waals surface area contributed by atoms with Crippen molar-refractivity contribution >= 4 is 0 Å². The van der Waals surface area contributed by atoms with Crippen molar-refractivity contribution in [1.82, 2.24) is 0 Å². The van der Waals surface area contributed by atoms with Gasteiger partial charge in [0.05, 0.1) is 34.4 Å². The average Bonchev–Trinajstić information content (AvgIpc) is 1.76. The lowest BCUT2D eigenvalue weighted by molar-refractivity contribution is -0.870. The summed E-state index contributed by atoms with van der Waals surface area (Å²) in [6.07, 6.45) is 0. The molecule has 0 bridgehead atoms. The molecule has 0 heterocycles. The molecule has 0 fully saturated rings. The van der Waals surface area contributed by atoms with Gasteiger partial charge in [0.15, 0.2) is 0 Å². The quantitative estimate of drug-likeness (QED) is 0.466. The second kappa shape index (κ2) is 4.24. The Labute approximate surface area is 77.1 Å². The van der Waals surface area contributed by atoms with Crippen molar-refractivity contribution < 1.29 is 9.22 Å². The van der Waals surface area contributed by atoms with Crippen LogP contribution in [0.2, 0.25) is 0 Å². The molecular weight excluding hydrogens is 150 g/mol. The molecular formula is C10H24NO+. The second-order valence-electron chi connectivity index (χ2n) is 5.63. The molecule has 0 atom stereocenters. The molecule has 0 aromatic heterocycles. The molecule has 0 spiro atoms. The van der Waals surface area contributed by atoms with Crippen molar-refractivity contribution in [3.63, 3.8) is 0 Å². The molecule has 0 rings (SSSR count). The van der Waals surface area contributed by atoms with E-state index in [-0.39, 0.29) is 0 Å². The van der Waals surface area contributed by atoms with Crippen LogP contribution in [-0.2, 0) is 4.74 Å². The van der Waals surface area contributed by atoms with E-state index in [2.05, 4.69) is 41.9 Å². The number of hydrogen-bond acceptors (Lipinski definition) is 1. The molecule has 0 aromatic rings. The Hall–Kier alpha value is -0.0800. The molecule has 0 N–H and O–H groups in total. The van der Waals surface area contributed by atoms with Crippen molar-refractivity contribution in [2.75, 3.05) is 40.9 Å². The second-order valence-corrected chi connectivity index (χ2v) is 5.63. The van der Waals surface area contributed by atoms with Gasteiger partial charge >= 0.3 is 0 Å². The molecule has 0 amide bonds. The standard InChI is InChI=1S/C10H24NO/c1-10(2,3)9-12-8-7-11(4,5)6/h7-9H2,1-6H3/q+1. The molecule has 2 nitrogen and oxygen atoms in total. The lowest BCUT2D eigenvalue weighted by Gasteiger charge is -2.25. The van der Waals surface area contributed by atoms with Gasteiger partial charge in [-0.1, -0.05) is 20.8 Å². The highest BCUT2D eigenvalue weighted by molar-refractivity contribution is 4.58. The van der Waals surface area contributed by atoms with Gasteiger partial charge in [0.2, 0.25) is 0 Å². The number of ether oxygens (including phenoxy) is 1. The Morgan fingerprint density at radius 3 is 1.92 bits per heavy atom. The number of nitrogens with zero attached hydrogens (tertiary/aromatic N) is 1. The molecule has 0 aliphatic heterocycles. The van der Waals surface area contributed by atoms with Crippen LogP contribution in [0.5, 0.6) is 0 Å². The minimum Gasteiger partial charge on any atom is -0.375 e. The van der Waals surface area contributed by atoms with Gasteiger partial charge in [0.1, 0.15) is 6.54 Å². The summed E-state index contributed by atoms with van der Waals surface area (Å²) in [6, 6.07) is 0. The van der Waals surface area contributed by atoms with Crippen molar-refractivity contribution in [3.8, 4) is 0 Å².